The molecule has 1 aromatic rings. The summed E-state index contributed by atoms with van der Waals surface area (Å²) >= 11 is 0. The summed E-state index contributed by atoms with van der Waals surface area (Å²) in [6, 6.07) is 0. The van der Waals surface area contributed by atoms with E-state index in [1.54, 1.807) is 19.5 Å². The summed E-state index contributed by atoms with van der Waals surface area (Å²) in [5, 5.41) is 3.28. The lowest BCUT2D eigenvalue weighted by atomic mass is 10.1. The average molecular weight is 209 g/mol. The molecule has 82 valence electrons. The van der Waals surface area contributed by atoms with Gasteiger partial charge in [0.05, 0.1) is 19.5 Å². The van der Waals surface area contributed by atoms with Crippen LogP contribution in [0.1, 0.15) is 12.8 Å². The van der Waals surface area contributed by atoms with Gasteiger partial charge >= 0.3 is 0 Å². The summed E-state index contributed by atoms with van der Waals surface area (Å²) in [7, 11) is 1.57. The number of piperidine rings is 1. The Balaban J connectivity index is 1.91. The van der Waals surface area contributed by atoms with Gasteiger partial charge in [0.25, 0.3) is 0 Å². The lowest BCUT2D eigenvalue weighted by Gasteiger charge is -2.22. The molecule has 15 heavy (non-hydrogen) atoms. The minimum absolute atomic E-state index is 0.258. The van der Waals surface area contributed by atoms with E-state index in [0.29, 0.717) is 11.8 Å². The molecular weight excluding hydrogens is 194 g/mol. The Morgan fingerprint density at radius 3 is 2.47 bits per heavy atom. The van der Waals surface area contributed by atoms with Gasteiger partial charge in [-0.3, -0.25) is 0 Å². The zero-order valence-electron chi connectivity index (χ0n) is 8.77. The molecule has 0 bridgehead atoms. The largest absolute Gasteiger partial charge is 0.480 e. The highest BCUT2D eigenvalue weighted by Crippen LogP contribution is 2.14. The van der Waals surface area contributed by atoms with Gasteiger partial charge in [-0.2, -0.15) is 0 Å². The molecule has 1 saturated heterocycles. The molecule has 2 heterocycles. The predicted molar refractivity (Wildman–Crippen MR) is 55.1 cm³/mol. The highest BCUT2D eigenvalue weighted by Gasteiger charge is 2.14. The minimum Gasteiger partial charge on any atom is -0.480 e. The molecule has 1 N–H and O–H groups in total. The second-order valence-corrected chi connectivity index (χ2v) is 3.46. The van der Waals surface area contributed by atoms with Crippen LogP contribution >= 0.6 is 0 Å². The highest BCUT2D eigenvalue weighted by atomic mass is 16.5. The van der Waals surface area contributed by atoms with Crippen LogP contribution in [0, 0.1) is 0 Å². The van der Waals surface area contributed by atoms with E-state index in [1.807, 2.05) is 0 Å². The van der Waals surface area contributed by atoms with E-state index in [9.17, 15) is 0 Å². The van der Waals surface area contributed by atoms with Crippen LogP contribution in [-0.4, -0.2) is 36.3 Å². The minimum atomic E-state index is 0.258. The van der Waals surface area contributed by atoms with Gasteiger partial charge in [0.1, 0.15) is 6.10 Å². The van der Waals surface area contributed by atoms with Crippen molar-refractivity contribution in [1.82, 2.24) is 15.3 Å². The van der Waals surface area contributed by atoms with Gasteiger partial charge in [0.15, 0.2) is 0 Å². The van der Waals surface area contributed by atoms with Gasteiger partial charge in [-0.15, -0.1) is 0 Å². The van der Waals surface area contributed by atoms with Crippen LogP contribution in [0.15, 0.2) is 12.4 Å². The lowest BCUT2D eigenvalue weighted by molar-refractivity contribution is 0.155. The van der Waals surface area contributed by atoms with Gasteiger partial charge in [0.2, 0.25) is 11.8 Å². The third kappa shape index (κ3) is 2.79. The monoisotopic (exact) mass is 209 g/mol. The number of rotatable bonds is 3. The van der Waals surface area contributed by atoms with E-state index in [4.69, 9.17) is 9.47 Å². The fourth-order valence-corrected chi connectivity index (χ4v) is 1.55. The second-order valence-electron chi connectivity index (χ2n) is 3.46. The van der Waals surface area contributed by atoms with Gasteiger partial charge in [0, 0.05) is 0 Å². The number of hydrogen-bond acceptors (Lipinski definition) is 5. The molecule has 1 aromatic heterocycles. The zero-order valence-corrected chi connectivity index (χ0v) is 8.77. The van der Waals surface area contributed by atoms with E-state index in [0.717, 1.165) is 25.9 Å². The first kappa shape index (κ1) is 10.2. The summed E-state index contributed by atoms with van der Waals surface area (Å²) in [5.41, 5.74) is 0. The molecule has 0 aromatic carbocycles. The topological polar surface area (TPSA) is 56.3 Å². The Morgan fingerprint density at radius 2 is 1.87 bits per heavy atom. The van der Waals surface area contributed by atoms with Crippen molar-refractivity contribution in [1.29, 1.82) is 0 Å². The van der Waals surface area contributed by atoms with Crippen molar-refractivity contribution in [2.75, 3.05) is 20.2 Å². The second kappa shape index (κ2) is 4.93. The highest BCUT2D eigenvalue weighted by molar-refractivity contribution is 5.11. The molecule has 0 amide bonds. The third-order valence-corrected chi connectivity index (χ3v) is 2.39. The van der Waals surface area contributed by atoms with E-state index in [2.05, 4.69) is 15.3 Å². The Bertz CT molecular complexity index is 296. The normalized spacial score (nSPS) is 17.4. The Kier molecular flexibility index (Phi) is 3.34. The molecule has 5 nitrogen and oxygen atoms in total. The molecule has 0 saturated carbocycles. The Labute approximate surface area is 88.8 Å². The summed E-state index contributed by atoms with van der Waals surface area (Å²) in [4.78, 5) is 8.15. The summed E-state index contributed by atoms with van der Waals surface area (Å²) in [6.07, 6.45) is 5.47. The SMILES string of the molecule is COc1cnc(OC2CCNCC2)cn1. The van der Waals surface area contributed by atoms with Crippen LogP contribution in [0.4, 0.5) is 0 Å². The van der Waals surface area contributed by atoms with E-state index >= 15 is 0 Å². The van der Waals surface area contributed by atoms with Gasteiger partial charge in [-0.05, 0) is 25.9 Å². The lowest BCUT2D eigenvalue weighted by Crippen LogP contribution is -2.34. The molecular formula is C10H15N3O2. The third-order valence-electron chi connectivity index (χ3n) is 2.39. The van der Waals surface area contributed by atoms with Crippen molar-refractivity contribution in [3.63, 3.8) is 0 Å². The van der Waals surface area contributed by atoms with Crippen molar-refractivity contribution in [3.05, 3.63) is 12.4 Å². The van der Waals surface area contributed by atoms with Crippen molar-refractivity contribution < 1.29 is 9.47 Å². The molecule has 0 spiro atoms. The summed E-state index contributed by atoms with van der Waals surface area (Å²) in [5.74, 6) is 1.08. The molecule has 0 atom stereocenters. The smallest absolute Gasteiger partial charge is 0.232 e. The summed E-state index contributed by atoms with van der Waals surface area (Å²) < 4.78 is 10.6. The van der Waals surface area contributed by atoms with Crippen LogP contribution in [-0.2, 0) is 0 Å². The quantitative estimate of drug-likeness (QED) is 0.790. The van der Waals surface area contributed by atoms with Crippen LogP contribution in [0.25, 0.3) is 0 Å². The summed E-state index contributed by atoms with van der Waals surface area (Å²) in [6.45, 7) is 2.02. The first-order valence-corrected chi connectivity index (χ1v) is 5.12. The Morgan fingerprint density at radius 1 is 1.20 bits per heavy atom. The van der Waals surface area contributed by atoms with Crippen LogP contribution in [0.2, 0.25) is 0 Å². The number of ether oxygens (including phenoxy) is 2. The number of nitrogens with one attached hydrogen (secondary N) is 1. The molecule has 5 heteroatoms. The average Bonchev–Trinajstić information content (AvgIpc) is 2.31. The van der Waals surface area contributed by atoms with Crippen molar-refractivity contribution >= 4 is 0 Å². The number of hydrogen-bond donors (Lipinski definition) is 1. The van der Waals surface area contributed by atoms with Crippen LogP contribution in [0.5, 0.6) is 11.8 Å². The fraction of sp³-hybridized carbons (Fsp3) is 0.600. The fourth-order valence-electron chi connectivity index (χ4n) is 1.55. The van der Waals surface area contributed by atoms with Gasteiger partial charge < -0.3 is 14.8 Å². The van der Waals surface area contributed by atoms with E-state index in [1.165, 1.54) is 0 Å². The number of nitrogens with zero attached hydrogens (tertiary/aromatic N) is 2. The first-order valence-electron chi connectivity index (χ1n) is 5.12. The maximum Gasteiger partial charge on any atom is 0.232 e. The zero-order chi connectivity index (χ0) is 10.5. The van der Waals surface area contributed by atoms with Crippen molar-refractivity contribution in [3.8, 4) is 11.8 Å². The number of aromatic nitrogens is 2. The van der Waals surface area contributed by atoms with Gasteiger partial charge in [-0.25, -0.2) is 9.97 Å². The van der Waals surface area contributed by atoms with Crippen LogP contribution < -0.4 is 14.8 Å². The van der Waals surface area contributed by atoms with Crippen molar-refractivity contribution in [2.24, 2.45) is 0 Å². The maximum atomic E-state index is 5.69. The molecule has 1 aliphatic heterocycles. The predicted octanol–water partition coefficient (Wildman–Crippen LogP) is 0.616. The standard InChI is InChI=1S/C10H15N3O2/c1-14-9-6-13-10(7-12-9)15-8-2-4-11-5-3-8/h6-8,11H,2-5H2,1H3. The first-order chi connectivity index (χ1) is 7.38. The van der Waals surface area contributed by atoms with E-state index in [-0.39, 0.29) is 6.10 Å². The van der Waals surface area contributed by atoms with E-state index < -0.39 is 0 Å². The van der Waals surface area contributed by atoms with Crippen molar-refractivity contribution in [2.45, 2.75) is 18.9 Å². The molecule has 1 aliphatic rings. The van der Waals surface area contributed by atoms with Crippen LogP contribution in [0.3, 0.4) is 0 Å². The molecule has 1 fully saturated rings. The molecule has 2 rings (SSSR count). The molecule has 0 unspecified atom stereocenters. The van der Waals surface area contributed by atoms with Gasteiger partial charge in [-0.1, -0.05) is 0 Å². The number of methoxy groups -OCH3 is 1. The molecule has 0 aliphatic carbocycles. The molecule has 0 radical (unpaired) electrons. The Hall–Kier alpha value is -1.36. The maximum absolute atomic E-state index is 5.69.